The largest absolute Gasteiger partial charge is 0.444 e. The molecule has 0 saturated heterocycles. The van der Waals surface area contributed by atoms with Crippen molar-refractivity contribution >= 4 is 44.7 Å². The Kier molecular flexibility index (Phi) is 5.47. The molecule has 6 heteroatoms. The van der Waals surface area contributed by atoms with Crippen molar-refractivity contribution in [2.24, 2.45) is 0 Å². The number of thiophene rings is 1. The van der Waals surface area contributed by atoms with E-state index in [1.165, 1.54) is 5.56 Å². The van der Waals surface area contributed by atoms with E-state index >= 15 is 0 Å². The van der Waals surface area contributed by atoms with Crippen LogP contribution < -0.4 is 10.6 Å². The molecule has 2 N–H and O–H groups in total. The summed E-state index contributed by atoms with van der Waals surface area (Å²) in [6, 6.07) is 9.64. The number of anilines is 2. The van der Waals surface area contributed by atoms with Gasteiger partial charge in [0.15, 0.2) is 0 Å². The maximum Gasteiger partial charge on any atom is 0.412 e. The van der Waals surface area contributed by atoms with Crippen molar-refractivity contribution < 1.29 is 9.53 Å². The number of hydrogen-bond donors (Lipinski definition) is 2. The third-order valence-electron chi connectivity index (χ3n) is 2.63. The van der Waals surface area contributed by atoms with Gasteiger partial charge in [-0.25, -0.2) is 4.79 Å². The zero-order valence-corrected chi connectivity index (χ0v) is 15.2. The van der Waals surface area contributed by atoms with Crippen LogP contribution in [0.4, 0.5) is 16.2 Å². The fourth-order valence-corrected chi connectivity index (χ4v) is 2.98. The third-order valence-corrected chi connectivity index (χ3v) is 4.18. The first-order valence-electron chi connectivity index (χ1n) is 6.89. The highest BCUT2D eigenvalue weighted by Gasteiger charge is 2.16. The van der Waals surface area contributed by atoms with Crippen LogP contribution in [0.15, 0.2) is 39.5 Å². The molecule has 118 valence electrons. The Hall–Kier alpha value is -1.53. The van der Waals surface area contributed by atoms with Crippen LogP contribution >= 0.6 is 27.3 Å². The summed E-state index contributed by atoms with van der Waals surface area (Å²) in [7, 11) is 0. The van der Waals surface area contributed by atoms with Crippen LogP contribution in [0.2, 0.25) is 0 Å². The average molecular weight is 383 g/mol. The van der Waals surface area contributed by atoms with E-state index in [4.69, 9.17) is 4.74 Å². The summed E-state index contributed by atoms with van der Waals surface area (Å²) < 4.78 is 6.35. The first-order chi connectivity index (χ1) is 10.3. The summed E-state index contributed by atoms with van der Waals surface area (Å²) in [5.41, 5.74) is 2.34. The predicted octanol–water partition coefficient (Wildman–Crippen LogP) is 5.47. The number of ether oxygens (including phenoxy) is 1. The number of carbonyl (C=O) groups excluding carboxylic acids is 1. The van der Waals surface area contributed by atoms with Gasteiger partial charge >= 0.3 is 6.09 Å². The first kappa shape index (κ1) is 16.8. The Morgan fingerprint density at radius 2 is 2.00 bits per heavy atom. The molecule has 0 aliphatic carbocycles. The Morgan fingerprint density at radius 3 is 2.64 bits per heavy atom. The first-order valence-corrected chi connectivity index (χ1v) is 8.56. The zero-order chi connectivity index (χ0) is 16.2. The summed E-state index contributed by atoms with van der Waals surface area (Å²) >= 11 is 5.11. The second kappa shape index (κ2) is 7.15. The van der Waals surface area contributed by atoms with Crippen molar-refractivity contribution in [3.63, 3.8) is 0 Å². The van der Waals surface area contributed by atoms with Crippen LogP contribution in [0.5, 0.6) is 0 Å². The van der Waals surface area contributed by atoms with Gasteiger partial charge in [-0.2, -0.15) is 0 Å². The normalized spacial score (nSPS) is 11.1. The summed E-state index contributed by atoms with van der Waals surface area (Å²) in [5, 5.41) is 8.16. The molecule has 0 unspecified atom stereocenters. The van der Waals surface area contributed by atoms with Crippen molar-refractivity contribution in [1.29, 1.82) is 0 Å². The molecular weight excluding hydrogens is 364 g/mol. The Balaban J connectivity index is 1.93. The van der Waals surface area contributed by atoms with E-state index in [1.54, 1.807) is 11.3 Å². The lowest BCUT2D eigenvalue weighted by Gasteiger charge is -2.19. The van der Waals surface area contributed by atoms with Crippen LogP contribution in [-0.4, -0.2) is 11.7 Å². The monoisotopic (exact) mass is 382 g/mol. The fraction of sp³-hybridized carbons (Fsp3) is 0.312. The minimum Gasteiger partial charge on any atom is -0.444 e. The number of hydrogen-bond acceptors (Lipinski definition) is 4. The Bertz CT molecular complexity index is 650. The van der Waals surface area contributed by atoms with Crippen LogP contribution in [0.3, 0.4) is 0 Å². The molecule has 0 aliphatic heterocycles. The van der Waals surface area contributed by atoms with Crippen LogP contribution in [0, 0.1) is 0 Å². The highest BCUT2D eigenvalue weighted by atomic mass is 79.9. The van der Waals surface area contributed by atoms with E-state index < -0.39 is 11.7 Å². The van der Waals surface area contributed by atoms with Gasteiger partial charge in [0, 0.05) is 17.9 Å². The summed E-state index contributed by atoms with van der Waals surface area (Å²) in [5.74, 6) is 0. The van der Waals surface area contributed by atoms with E-state index in [0.717, 1.165) is 16.0 Å². The molecule has 22 heavy (non-hydrogen) atoms. The number of carbonyl (C=O) groups is 1. The van der Waals surface area contributed by atoms with Gasteiger partial charge < -0.3 is 10.1 Å². The van der Waals surface area contributed by atoms with E-state index in [1.807, 2.05) is 45.0 Å². The summed E-state index contributed by atoms with van der Waals surface area (Å²) in [4.78, 5) is 11.8. The molecule has 1 aromatic heterocycles. The van der Waals surface area contributed by atoms with Gasteiger partial charge in [-0.1, -0.05) is 6.07 Å². The number of halogens is 1. The van der Waals surface area contributed by atoms with Gasteiger partial charge in [0.25, 0.3) is 0 Å². The Morgan fingerprint density at radius 1 is 1.27 bits per heavy atom. The van der Waals surface area contributed by atoms with Gasteiger partial charge in [-0.15, -0.1) is 11.3 Å². The second-order valence-electron chi connectivity index (χ2n) is 5.82. The van der Waals surface area contributed by atoms with E-state index in [0.29, 0.717) is 5.69 Å². The molecule has 4 nitrogen and oxygen atoms in total. The molecule has 1 heterocycles. The molecule has 1 aromatic carbocycles. The van der Waals surface area contributed by atoms with Gasteiger partial charge in [-0.3, -0.25) is 5.32 Å². The maximum absolute atomic E-state index is 11.8. The van der Waals surface area contributed by atoms with Crippen LogP contribution in [0.1, 0.15) is 26.3 Å². The Labute approximate surface area is 143 Å². The highest BCUT2D eigenvalue weighted by Crippen LogP contribution is 2.22. The van der Waals surface area contributed by atoms with Crippen molar-refractivity contribution in [1.82, 2.24) is 0 Å². The number of rotatable bonds is 4. The molecular formula is C16H19BrN2O2S. The van der Waals surface area contributed by atoms with E-state index in [-0.39, 0.29) is 0 Å². The molecule has 0 saturated carbocycles. The van der Waals surface area contributed by atoms with Crippen molar-refractivity contribution in [2.45, 2.75) is 32.9 Å². The molecule has 2 aromatic rings. The van der Waals surface area contributed by atoms with Crippen molar-refractivity contribution in [3.8, 4) is 0 Å². The molecule has 0 radical (unpaired) electrons. The maximum atomic E-state index is 11.8. The van der Waals surface area contributed by atoms with E-state index in [2.05, 4.69) is 38.0 Å². The molecule has 0 bridgehead atoms. The minimum atomic E-state index is -0.508. The SMILES string of the molecule is CC(C)(C)OC(=O)Nc1cccc(NCc2csc(Br)c2)c1. The molecule has 0 aliphatic rings. The molecule has 1 amide bonds. The summed E-state index contributed by atoms with van der Waals surface area (Å²) in [6.45, 7) is 6.24. The molecule has 0 spiro atoms. The minimum absolute atomic E-state index is 0.452. The van der Waals surface area contributed by atoms with E-state index in [9.17, 15) is 4.79 Å². The molecule has 0 atom stereocenters. The zero-order valence-electron chi connectivity index (χ0n) is 12.8. The quantitative estimate of drug-likeness (QED) is 0.736. The second-order valence-corrected chi connectivity index (χ2v) is 8.11. The highest BCUT2D eigenvalue weighted by molar-refractivity contribution is 9.11. The average Bonchev–Trinajstić information content (AvgIpc) is 2.80. The summed E-state index contributed by atoms with van der Waals surface area (Å²) in [6.07, 6.45) is -0.452. The van der Waals surface area contributed by atoms with Gasteiger partial charge in [0.05, 0.1) is 3.79 Å². The third kappa shape index (κ3) is 5.69. The van der Waals surface area contributed by atoms with Gasteiger partial charge in [0.1, 0.15) is 5.60 Å². The van der Waals surface area contributed by atoms with Crippen molar-refractivity contribution in [2.75, 3.05) is 10.6 Å². The molecule has 2 rings (SSSR count). The molecule has 0 fully saturated rings. The lowest BCUT2D eigenvalue weighted by Crippen LogP contribution is -2.27. The number of benzene rings is 1. The standard InChI is InChI=1S/C16H19BrN2O2S/c1-16(2,3)21-15(20)19-13-6-4-5-12(8-13)18-9-11-7-14(17)22-10-11/h4-8,10,18H,9H2,1-3H3,(H,19,20). The van der Waals surface area contributed by atoms with Crippen LogP contribution in [0.25, 0.3) is 0 Å². The number of amides is 1. The van der Waals surface area contributed by atoms with Crippen molar-refractivity contribution in [3.05, 3.63) is 45.1 Å². The smallest absolute Gasteiger partial charge is 0.412 e. The number of nitrogens with one attached hydrogen (secondary N) is 2. The van der Waals surface area contributed by atoms with Gasteiger partial charge in [0.2, 0.25) is 0 Å². The predicted molar refractivity (Wildman–Crippen MR) is 95.6 cm³/mol. The lowest BCUT2D eigenvalue weighted by molar-refractivity contribution is 0.0636. The topological polar surface area (TPSA) is 50.4 Å². The lowest BCUT2D eigenvalue weighted by atomic mass is 10.2. The van der Waals surface area contributed by atoms with Gasteiger partial charge in [-0.05, 0) is 71.9 Å². The fourth-order valence-electron chi connectivity index (χ4n) is 1.77. The van der Waals surface area contributed by atoms with Crippen LogP contribution in [-0.2, 0) is 11.3 Å².